The fourth-order valence-corrected chi connectivity index (χ4v) is 3.15. The van der Waals surface area contributed by atoms with Crippen LogP contribution in [0.3, 0.4) is 0 Å². The molecule has 0 aliphatic rings. The zero-order valence-corrected chi connectivity index (χ0v) is 15.1. The van der Waals surface area contributed by atoms with Gasteiger partial charge in [-0.2, -0.15) is 4.68 Å². The highest BCUT2D eigenvalue weighted by atomic mass is 35.5. The Balaban J connectivity index is 1.57. The van der Waals surface area contributed by atoms with Crippen LogP contribution >= 0.6 is 23.4 Å². The van der Waals surface area contributed by atoms with Crippen LogP contribution in [-0.4, -0.2) is 31.9 Å². The van der Waals surface area contributed by atoms with Gasteiger partial charge in [-0.3, -0.25) is 4.79 Å². The monoisotopic (exact) mass is 373 g/mol. The van der Waals surface area contributed by atoms with E-state index >= 15 is 0 Å². The number of nitrogens with zero attached hydrogens (tertiary/aromatic N) is 4. The molecule has 0 saturated carbocycles. The van der Waals surface area contributed by atoms with E-state index in [0.717, 1.165) is 16.8 Å². The minimum Gasteiger partial charge on any atom is -0.351 e. The fourth-order valence-electron chi connectivity index (χ4n) is 2.22. The number of benzene rings is 2. The lowest BCUT2D eigenvalue weighted by Gasteiger charge is -2.06. The average molecular weight is 374 g/mol. The third-order valence-corrected chi connectivity index (χ3v) is 4.55. The number of amides is 1. The second-order valence-corrected chi connectivity index (χ2v) is 6.79. The molecule has 0 aliphatic carbocycles. The van der Waals surface area contributed by atoms with Crippen molar-refractivity contribution in [3.63, 3.8) is 0 Å². The van der Waals surface area contributed by atoms with Crippen molar-refractivity contribution in [2.24, 2.45) is 0 Å². The highest BCUT2D eigenvalue weighted by molar-refractivity contribution is 7.99. The van der Waals surface area contributed by atoms with Crippen LogP contribution in [-0.2, 0) is 11.3 Å². The summed E-state index contributed by atoms with van der Waals surface area (Å²) in [6.07, 6.45) is 0. The maximum absolute atomic E-state index is 12.1. The normalized spacial score (nSPS) is 10.6. The lowest BCUT2D eigenvalue weighted by molar-refractivity contribution is -0.118. The standard InChI is InChI=1S/C17H16ClN5OS/c1-12-4-2-7-15(8-12)23-17(20-21-22-23)25-11-16(24)19-10-13-5-3-6-14(18)9-13/h2-9H,10-11H2,1H3,(H,19,24). The molecule has 8 heteroatoms. The Morgan fingerprint density at radius 2 is 2.08 bits per heavy atom. The first-order valence-corrected chi connectivity index (χ1v) is 8.97. The van der Waals surface area contributed by atoms with E-state index in [-0.39, 0.29) is 11.7 Å². The summed E-state index contributed by atoms with van der Waals surface area (Å²) in [7, 11) is 0. The molecular formula is C17H16ClN5OS. The lowest BCUT2D eigenvalue weighted by Crippen LogP contribution is -2.24. The average Bonchev–Trinajstić information content (AvgIpc) is 3.07. The quantitative estimate of drug-likeness (QED) is 0.672. The molecular weight excluding hydrogens is 358 g/mol. The summed E-state index contributed by atoms with van der Waals surface area (Å²) in [5.41, 5.74) is 2.94. The molecule has 1 aromatic heterocycles. The van der Waals surface area contributed by atoms with E-state index in [9.17, 15) is 4.79 Å². The van der Waals surface area contributed by atoms with Crippen molar-refractivity contribution >= 4 is 29.3 Å². The van der Waals surface area contributed by atoms with Gasteiger partial charge in [-0.25, -0.2) is 0 Å². The number of nitrogens with one attached hydrogen (secondary N) is 1. The molecule has 1 heterocycles. The smallest absolute Gasteiger partial charge is 0.230 e. The van der Waals surface area contributed by atoms with Gasteiger partial charge in [-0.05, 0) is 52.7 Å². The fraction of sp³-hybridized carbons (Fsp3) is 0.176. The molecule has 3 rings (SSSR count). The highest BCUT2D eigenvalue weighted by Gasteiger charge is 2.11. The van der Waals surface area contributed by atoms with Gasteiger partial charge in [0, 0.05) is 11.6 Å². The summed E-state index contributed by atoms with van der Waals surface area (Å²) >= 11 is 7.22. The van der Waals surface area contributed by atoms with Crippen molar-refractivity contribution in [2.45, 2.75) is 18.6 Å². The van der Waals surface area contributed by atoms with Gasteiger partial charge in [-0.1, -0.05) is 47.6 Å². The predicted octanol–water partition coefficient (Wildman–Crippen LogP) is 3.03. The molecule has 0 radical (unpaired) electrons. The minimum absolute atomic E-state index is 0.0937. The van der Waals surface area contributed by atoms with E-state index in [4.69, 9.17) is 11.6 Å². The first-order chi connectivity index (χ1) is 12.1. The number of hydrogen-bond donors (Lipinski definition) is 1. The van der Waals surface area contributed by atoms with Crippen molar-refractivity contribution in [1.82, 2.24) is 25.5 Å². The molecule has 25 heavy (non-hydrogen) atoms. The van der Waals surface area contributed by atoms with Crippen molar-refractivity contribution in [3.05, 3.63) is 64.7 Å². The molecule has 0 unspecified atom stereocenters. The Kier molecular flexibility index (Phi) is 5.67. The van der Waals surface area contributed by atoms with Crippen molar-refractivity contribution in [2.75, 3.05) is 5.75 Å². The third kappa shape index (κ3) is 4.80. The SMILES string of the molecule is Cc1cccc(-n2nnnc2SCC(=O)NCc2cccc(Cl)c2)c1. The second-order valence-electron chi connectivity index (χ2n) is 5.41. The third-order valence-electron chi connectivity index (χ3n) is 3.40. The molecule has 0 fully saturated rings. The Morgan fingerprint density at radius 3 is 2.88 bits per heavy atom. The van der Waals surface area contributed by atoms with Gasteiger partial charge in [0.2, 0.25) is 11.1 Å². The van der Waals surface area contributed by atoms with Gasteiger partial charge in [0.25, 0.3) is 0 Å². The summed E-state index contributed by atoms with van der Waals surface area (Å²) in [4.78, 5) is 12.1. The molecule has 2 aromatic carbocycles. The molecule has 1 amide bonds. The van der Waals surface area contributed by atoms with Crippen LogP contribution in [0, 0.1) is 6.92 Å². The molecule has 0 bridgehead atoms. The van der Waals surface area contributed by atoms with E-state index in [1.165, 1.54) is 11.8 Å². The molecule has 0 spiro atoms. The maximum atomic E-state index is 12.1. The molecule has 0 saturated heterocycles. The van der Waals surface area contributed by atoms with E-state index in [0.29, 0.717) is 16.7 Å². The largest absolute Gasteiger partial charge is 0.351 e. The number of halogens is 1. The molecule has 6 nitrogen and oxygen atoms in total. The summed E-state index contributed by atoms with van der Waals surface area (Å²) in [6, 6.07) is 15.3. The van der Waals surface area contributed by atoms with Gasteiger partial charge in [-0.15, -0.1) is 5.10 Å². The number of rotatable bonds is 6. The summed E-state index contributed by atoms with van der Waals surface area (Å²) < 4.78 is 1.63. The van der Waals surface area contributed by atoms with Gasteiger partial charge in [0.15, 0.2) is 0 Å². The van der Waals surface area contributed by atoms with Gasteiger partial charge in [0.1, 0.15) is 0 Å². The molecule has 0 aliphatic heterocycles. The van der Waals surface area contributed by atoms with E-state index in [2.05, 4.69) is 20.8 Å². The Labute approximate surface area is 154 Å². The first-order valence-electron chi connectivity index (χ1n) is 7.61. The second kappa shape index (κ2) is 8.13. The van der Waals surface area contributed by atoms with Crippen molar-refractivity contribution in [1.29, 1.82) is 0 Å². The number of hydrogen-bond acceptors (Lipinski definition) is 5. The van der Waals surface area contributed by atoms with Crippen LogP contribution in [0.5, 0.6) is 0 Å². The molecule has 3 aromatic rings. The van der Waals surface area contributed by atoms with Crippen molar-refractivity contribution < 1.29 is 4.79 Å². The topological polar surface area (TPSA) is 72.7 Å². The van der Waals surface area contributed by atoms with E-state index < -0.39 is 0 Å². The zero-order chi connectivity index (χ0) is 17.6. The lowest BCUT2D eigenvalue weighted by atomic mass is 10.2. The first kappa shape index (κ1) is 17.4. The van der Waals surface area contributed by atoms with Crippen LogP contribution < -0.4 is 5.32 Å². The van der Waals surface area contributed by atoms with Crippen molar-refractivity contribution in [3.8, 4) is 5.69 Å². The highest BCUT2D eigenvalue weighted by Crippen LogP contribution is 2.18. The van der Waals surface area contributed by atoms with Crippen LogP contribution in [0.4, 0.5) is 0 Å². The molecule has 128 valence electrons. The van der Waals surface area contributed by atoms with E-state index in [1.54, 1.807) is 10.7 Å². The Bertz CT molecular complexity index is 883. The predicted molar refractivity (Wildman–Crippen MR) is 97.9 cm³/mol. The number of carbonyl (C=O) groups is 1. The summed E-state index contributed by atoms with van der Waals surface area (Å²) in [5, 5.41) is 15.8. The molecule has 1 N–H and O–H groups in total. The van der Waals surface area contributed by atoms with Gasteiger partial charge < -0.3 is 5.32 Å². The maximum Gasteiger partial charge on any atom is 0.230 e. The van der Waals surface area contributed by atoms with Crippen LogP contribution in [0.1, 0.15) is 11.1 Å². The van der Waals surface area contributed by atoms with Gasteiger partial charge in [0.05, 0.1) is 11.4 Å². The number of carbonyl (C=O) groups excluding carboxylic acids is 1. The van der Waals surface area contributed by atoms with Crippen LogP contribution in [0.2, 0.25) is 5.02 Å². The van der Waals surface area contributed by atoms with E-state index in [1.807, 2.05) is 49.4 Å². The number of tetrazole rings is 1. The Morgan fingerprint density at radius 1 is 1.24 bits per heavy atom. The summed E-state index contributed by atoms with van der Waals surface area (Å²) in [5.74, 6) is 0.135. The number of aryl methyl sites for hydroxylation is 1. The Hall–Kier alpha value is -2.38. The zero-order valence-electron chi connectivity index (χ0n) is 13.5. The number of aromatic nitrogens is 4. The van der Waals surface area contributed by atoms with Gasteiger partial charge >= 0.3 is 0 Å². The number of thioether (sulfide) groups is 1. The van der Waals surface area contributed by atoms with Crippen LogP contribution in [0.15, 0.2) is 53.7 Å². The van der Waals surface area contributed by atoms with Crippen LogP contribution in [0.25, 0.3) is 5.69 Å². The molecule has 0 atom stereocenters. The summed E-state index contributed by atoms with van der Waals surface area (Å²) in [6.45, 7) is 2.44. The minimum atomic E-state index is -0.0937.